The highest BCUT2D eigenvalue weighted by atomic mass is 16.4. The van der Waals surface area contributed by atoms with Crippen molar-refractivity contribution in [1.82, 2.24) is 0 Å². The minimum absolute atomic E-state index is 0.0894. The molecule has 10 heteroatoms. The number of aryl methyl sites for hydroxylation is 2. The van der Waals surface area contributed by atoms with E-state index in [0.29, 0.717) is 27.1 Å². The van der Waals surface area contributed by atoms with E-state index in [4.69, 9.17) is 0 Å². The Bertz CT molecular complexity index is 2850. The Morgan fingerprint density at radius 2 is 0.815 bits per heavy atom. The van der Waals surface area contributed by atoms with Gasteiger partial charge in [-0.3, -0.25) is 0 Å². The summed E-state index contributed by atoms with van der Waals surface area (Å²) in [5, 5.41) is 111. The number of rotatable bonds is 4. The molecule has 0 saturated heterocycles. The second-order valence-corrected chi connectivity index (χ2v) is 13.2. The van der Waals surface area contributed by atoms with Crippen LogP contribution in [0.15, 0.2) is 97.1 Å². The third-order valence-corrected chi connectivity index (χ3v) is 10.3. The molecule has 10 N–H and O–H groups in total. The molecule has 0 amide bonds. The number of hydrogen-bond acceptors (Lipinski definition) is 10. The molecular weight excluding hydrogens is 688 g/mol. The van der Waals surface area contributed by atoms with Gasteiger partial charge < -0.3 is 51.1 Å². The molecule has 54 heavy (non-hydrogen) atoms. The molecule has 0 saturated carbocycles. The van der Waals surface area contributed by atoms with Gasteiger partial charge in [0.2, 0.25) is 34.5 Å². The second-order valence-electron chi connectivity index (χ2n) is 13.2. The maximum atomic E-state index is 11.3. The first-order valence-corrected chi connectivity index (χ1v) is 16.8. The van der Waals surface area contributed by atoms with Crippen LogP contribution in [0, 0.1) is 13.8 Å². The van der Waals surface area contributed by atoms with Gasteiger partial charge >= 0.3 is 0 Å². The van der Waals surface area contributed by atoms with E-state index >= 15 is 0 Å². The van der Waals surface area contributed by atoms with Crippen LogP contribution < -0.4 is 0 Å². The van der Waals surface area contributed by atoms with Crippen LogP contribution in [0.2, 0.25) is 0 Å². The zero-order valence-corrected chi connectivity index (χ0v) is 28.7. The molecule has 0 aliphatic carbocycles. The highest BCUT2D eigenvalue weighted by molar-refractivity contribution is 6.24. The highest BCUT2D eigenvalue weighted by Crippen LogP contribution is 2.59. The van der Waals surface area contributed by atoms with E-state index in [-0.39, 0.29) is 16.7 Å². The lowest BCUT2D eigenvalue weighted by Crippen LogP contribution is -1.97. The van der Waals surface area contributed by atoms with Crippen LogP contribution in [0.1, 0.15) is 11.1 Å². The number of benzene rings is 8. The third kappa shape index (κ3) is 4.66. The first-order chi connectivity index (χ1) is 25.8. The fourth-order valence-corrected chi connectivity index (χ4v) is 7.71. The second kappa shape index (κ2) is 12.1. The largest absolute Gasteiger partial charge is 0.504 e. The van der Waals surface area contributed by atoms with Crippen LogP contribution in [0.5, 0.6) is 57.5 Å². The van der Waals surface area contributed by atoms with Crippen molar-refractivity contribution in [2.45, 2.75) is 13.8 Å². The summed E-state index contributed by atoms with van der Waals surface area (Å²) in [6.07, 6.45) is 0. The Morgan fingerprint density at radius 3 is 1.43 bits per heavy atom. The van der Waals surface area contributed by atoms with Crippen molar-refractivity contribution in [3.63, 3.8) is 0 Å². The molecule has 0 aromatic heterocycles. The predicted octanol–water partition coefficient (Wildman–Crippen LogP) is 9.49. The van der Waals surface area contributed by atoms with Crippen molar-refractivity contribution in [3.8, 4) is 102 Å². The molecule has 0 spiro atoms. The molecule has 0 atom stereocenters. The van der Waals surface area contributed by atoms with Gasteiger partial charge in [0.1, 0.15) is 0 Å². The Hall–Kier alpha value is -7.46. The van der Waals surface area contributed by atoms with Crippen LogP contribution in [-0.2, 0) is 0 Å². The van der Waals surface area contributed by atoms with E-state index in [1.165, 1.54) is 6.07 Å². The highest BCUT2D eigenvalue weighted by Gasteiger charge is 2.30. The molecule has 0 unspecified atom stereocenters. The van der Waals surface area contributed by atoms with Gasteiger partial charge in [-0.1, -0.05) is 91.0 Å². The summed E-state index contributed by atoms with van der Waals surface area (Å²) in [6, 6.07) is 29.7. The Balaban J connectivity index is 1.59. The normalized spacial score (nSPS) is 11.5. The zero-order chi connectivity index (χ0) is 38.3. The molecule has 0 fully saturated rings. The summed E-state index contributed by atoms with van der Waals surface area (Å²) < 4.78 is 0. The van der Waals surface area contributed by atoms with Gasteiger partial charge in [-0.15, -0.1) is 0 Å². The number of fused-ring (bicyclic) bond motifs is 3. The predicted molar refractivity (Wildman–Crippen MR) is 207 cm³/mol. The van der Waals surface area contributed by atoms with Gasteiger partial charge in [0, 0.05) is 5.56 Å². The standard InChI is InChI=1S/C44H32O10/c1-19-8-7-13-28(30(19)24-16-14-21-9-3-4-10-23(21)20(24)2)32-25-11-5-6-12-26(25)33(34-37(47)41(51)44(54)42(52)38(34)48)27-17-15-22(18-29(27)32)31-35(45)39(49)43(53)40(50)36(31)46/h3-18,45-54H,1-2H3. The van der Waals surface area contributed by atoms with E-state index in [2.05, 4.69) is 25.1 Å². The quantitative estimate of drug-likeness (QED) is 0.0474. The molecule has 8 aromatic rings. The maximum Gasteiger partial charge on any atom is 0.208 e. The van der Waals surface area contributed by atoms with Crippen molar-refractivity contribution in [2.75, 3.05) is 0 Å². The molecule has 268 valence electrons. The molecule has 0 aliphatic heterocycles. The van der Waals surface area contributed by atoms with Crippen molar-refractivity contribution >= 4 is 32.3 Å². The van der Waals surface area contributed by atoms with Gasteiger partial charge in [0.25, 0.3) is 0 Å². The maximum absolute atomic E-state index is 11.3. The van der Waals surface area contributed by atoms with Crippen LogP contribution in [0.25, 0.3) is 76.8 Å². The average Bonchev–Trinajstić information content (AvgIpc) is 3.18. The monoisotopic (exact) mass is 720 g/mol. The van der Waals surface area contributed by atoms with Crippen LogP contribution in [0.4, 0.5) is 0 Å². The fourth-order valence-electron chi connectivity index (χ4n) is 7.71. The zero-order valence-electron chi connectivity index (χ0n) is 28.7. The van der Waals surface area contributed by atoms with E-state index in [1.54, 1.807) is 30.3 Å². The van der Waals surface area contributed by atoms with Crippen molar-refractivity contribution in [1.29, 1.82) is 0 Å². The molecule has 10 nitrogen and oxygen atoms in total. The minimum atomic E-state index is -1.12. The van der Waals surface area contributed by atoms with Gasteiger partial charge in [-0.2, -0.15) is 0 Å². The molecule has 0 radical (unpaired) electrons. The number of phenols is 10. The molecular formula is C44H32O10. The minimum Gasteiger partial charge on any atom is -0.504 e. The van der Waals surface area contributed by atoms with E-state index in [9.17, 15) is 51.1 Å². The van der Waals surface area contributed by atoms with Gasteiger partial charge in [0.15, 0.2) is 23.0 Å². The SMILES string of the molecule is Cc1cccc(-c2c3ccccc3c(-c3c(O)c(O)c(O)c(O)c3O)c3ccc(-c4c(O)c(O)c(O)c(O)c4O)cc23)c1-c1ccc2ccccc2c1C. The topological polar surface area (TPSA) is 202 Å². The van der Waals surface area contributed by atoms with E-state index in [0.717, 1.165) is 38.6 Å². The van der Waals surface area contributed by atoms with Gasteiger partial charge in [-0.05, 0) is 91.2 Å². The lowest BCUT2D eigenvalue weighted by atomic mass is 9.80. The first kappa shape index (κ1) is 33.7. The Morgan fingerprint density at radius 1 is 0.315 bits per heavy atom. The molecule has 0 heterocycles. The third-order valence-electron chi connectivity index (χ3n) is 10.3. The van der Waals surface area contributed by atoms with Gasteiger partial charge in [0.05, 0.1) is 11.1 Å². The van der Waals surface area contributed by atoms with Crippen LogP contribution >= 0.6 is 0 Å². The van der Waals surface area contributed by atoms with Crippen molar-refractivity contribution in [2.24, 2.45) is 0 Å². The number of phenolic OH excluding ortho intramolecular Hbond substituents is 10. The summed E-state index contributed by atoms with van der Waals surface area (Å²) >= 11 is 0. The molecule has 8 aromatic carbocycles. The summed E-state index contributed by atoms with van der Waals surface area (Å²) in [7, 11) is 0. The van der Waals surface area contributed by atoms with Crippen molar-refractivity contribution in [3.05, 3.63) is 108 Å². The van der Waals surface area contributed by atoms with Crippen LogP contribution in [0.3, 0.4) is 0 Å². The van der Waals surface area contributed by atoms with E-state index in [1.807, 2.05) is 49.4 Å². The van der Waals surface area contributed by atoms with Crippen LogP contribution in [-0.4, -0.2) is 51.1 Å². The lowest BCUT2D eigenvalue weighted by Gasteiger charge is -2.23. The first-order valence-electron chi connectivity index (χ1n) is 16.8. The number of hydrogen-bond donors (Lipinski definition) is 10. The fraction of sp³-hybridized carbons (Fsp3) is 0.0455. The summed E-state index contributed by atoms with van der Waals surface area (Å²) in [4.78, 5) is 0. The Kier molecular flexibility index (Phi) is 7.52. The van der Waals surface area contributed by atoms with Gasteiger partial charge in [-0.25, -0.2) is 0 Å². The smallest absolute Gasteiger partial charge is 0.208 e. The number of aromatic hydroxyl groups is 10. The Labute approximate surface area is 306 Å². The lowest BCUT2D eigenvalue weighted by molar-refractivity contribution is 0.330. The molecule has 0 aliphatic rings. The summed E-state index contributed by atoms with van der Waals surface area (Å²) in [6.45, 7) is 4.05. The summed E-state index contributed by atoms with van der Waals surface area (Å²) in [5.41, 5.74) is 4.66. The summed E-state index contributed by atoms with van der Waals surface area (Å²) in [5.74, 6) is -10.1. The average molecular weight is 721 g/mol. The van der Waals surface area contributed by atoms with Crippen molar-refractivity contribution < 1.29 is 51.1 Å². The molecule has 8 rings (SSSR count). The molecule has 0 bridgehead atoms. The van der Waals surface area contributed by atoms with E-state index < -0.39 is 63.1 Å².